The Morgan fingerprint density at radius 2 is 2.05 bits per heavy atom. The van der Waals surface area contributed by atoms with Gasteiger partial charge >= 0.3 is 0 Å². The highest BCUT2D eigenvalue weighted by atomic mass is 16.5. The van der Waals surface area contributed by atoms with Crippen molar-refractivity contribution in [1.82, 2.24) is 4.90 Å². The Hall–Kier alpha value is -1.10. The second-order valence-corrected chi connectivity index (χ2v) is 6.04. The van der Waals surface area contributed by atoms with Crippen LogP contribution in [0.4, 0.5) is 0 Å². The van der Waals surface area contributed by atoms with Crippen molar-refractivity contribution in [3.63, 3.8) is 0 Å². The molecule has 0 aromatic heterocycles. The predicted molar refractivity (Wildman–Crippen MR) is 85.6 cm³/mol. The lowest BCUT2D eigenvalue weighted by Gasteiger charge is -2.32. The highest BCUT2D eigenvalue weighted by Gasteiger charge is 2.25. The first kappa shape index (κ1) is 16.3. The fraction of sp³-hybridized carbons (Fsp3) is 0.647. The Balaban J connectivity index is 1.95. The standard InChI is InChI=1S/C17H28N2O2/c1-13(18)17(15-6-4-5-7-16(15)20-3)19(2)10-11-21-12-14-8-9-14/h4-7,13-14,17H,8-12,18H2,1-3H3. The summed E-state index contributed by atoms with van der Waals surface area (Å²) in [5.74, 6) is 1.71. The second kappa shape index (κ2) is 7.78. The molecule has 0 aliphatic heterocycles. The quantitative estimate of drug-likeness (QED) is 0.710. The minimum Gasteiger partial charge on any atom is -0.496 e. The fourth-order valence-corrected chi connectivity index (χ4v) is 2.71. The van der Waals surface area contributed by atoms with Gasteiger partial charge in [-0.15, -0.1) is 0 Å². The van der Waals surface area contributed by atoms with Gasteiger partial charge in [0.25, 0.3) is 0 Å². The van der Waals surface area contributed by atoms with Crippen molar-refractivity contribution < 1.29 is 9.47 Å². The van der Waals surface area contributed by atoms with Gasteiger partial charge in [-0.1, -0.05) is 18.2 Å². The van der Waals surface area contributed by atoms with Gasteiger partial charge in [-0.2, -0.15) is 0 Å². The number of nitrogens with two attached hydrogens (primary N) is 1. The summed E-state index contributed by atoms with van der Waals surface area (Å²) in [6, 6.07) is 8.25. The first-order valence-electron chi connectivity index (χ1n) is 7.80. The number of para-hydroxylation sites is 1. The average molecular weight is 292 g/mol. The highest BCUT2D eigenvalue weighted by Crippen LogP contribution is 2.31. The molecule has 1 aliphatic carbocycles. The molecule has 0 radical (unpaired) electrons. The van der Waals surface area contributed by atoms with E-state index in [1.807, 2.05) is 25.1 Å². The van der Waals surface area contributed by atoms with E-state index >= 15 is 0 Å². The van der Waals surface area contributed by atoms with E-state index in [0.717, 1.165) is 37.0 Å². The van der Waals surface area contributed by atoms with Gasteiger partial charge in [-0.05, 0) is 38.8 Å². The van der Waals surface area contributed by atoms with Crippen molar-refractivity contribution in [2.75, 3.05) is 33.9 Å². The first-order chi connectivity index (χ1) is 10.1. The Morgan fingerprint density at radius 1 is 1.33 bits per heavy atom. The van der Waals surface area contributed by atoms with Crippen LogP contribution in [0.15, 0.2) is 24.3 Å². The Bertz CT molecular complexity index is 433. The molecule has 1 aromatic rings. The molecule has 0 heterocycles. The van der Waals surface area contributed by atoms with Crippen molar-refractivity contribution in [1.29, 1.82) is 0 Å². The molecule has 118 valence electrons. The highest BCUT2D eigenvalue weighted by molar-refractivity contribution is 5.36. The van der Waals surface area contributed by atoms with Gasteiger partial charge in [-0.3, -0.25) is 4.90 Å². The predicted octanol–water partition coefficient (Wildman–Crippen LogP) is 2.44. The fourth-order valence-electron chi connectivity index (χ4n) is 2.71. The smallest absolute Gasteiger partial charge is 0.123 e. The van der Waals surface area contributed by atoms with Crippen LogP contribution in [0.5, 0.6) is 5.75 Å². The topological polar surface area (TPSA) is 47.7 Å². The van der Waals surface area contributed by atoms with Crippen molar-refractivity contribution in [3.05, 3.63) is 29.8 Å². The van der Waals surface area contributed by atoms with Crippen LogP contribution in [-0.4, -0.2) is 44.9 Å². The molecular weight excluding hydrogens is 264 g/mol. The summed E-state index contributed by atoms with van der Waals surface area (Å²) in [5, 5.41) is 0. The summed E-state index contributed by atoms with van der Waals surface area (Å²) in [7, 11) is 3.80. The molecule has 0 saturated heterocycles. The first-order valence-corrected chi connectivity index (χ1v) is 7.80. The average Bonchev–Trinajstić information content (AvgIpc) is 3.28. The lowest BCUT2D eigenvalue weighted by Crippen LogP contribution is -2.39. The molecule has 2 N–H and O–H groups in total. The zero-order valence-electron chi connectivity index (χ0n) is 13.4. The third-order valence-electron chi connectivity index (χ3n) is 4.07. The number of methoxy groups -OCH3 is 1. The van der Waals surface area contributed by atoms with Crippen LogP contribution in [0.1, 0.15) is 31.4 Å². The minimum atomic E-state index is 0.0229. The van der Waals surface area contributed by atoms with E-state index in [2.05, 4.69) is 18.0 Å². The molecule has 1 aromatic carbocycles. The molecule has 1 aliphatic rings. The van der Waals surface area contributed by atoms with Crippen LogP contribution < -0.4 is 10.5 Å². The van der Waals surface area contributed by atoms with Crippen molar-refractivity contribution in [2.45, 2.75) is 31.8 Å². The maximum absolute atomic E-state index is 6.22. The summed E-state index contributed by atoms with van der Waals surface area (Å²) in [5.41, 5.74) is 7.36. The number of ether oxygens (including phenoxy) is 2. The largest absolute Gasteiger partial charge is 0.496 e. The Labute approximate surface area is 128 Å². The summed E-state index contributed by atoms with van der Waals surface area (Å²) < 4.78 is 11.2. The molecule has 1 fully saturated rings. The van der Waals surface area contributed by atoms with Gasteiger partial charge in [0.05, 0.1) is 19.8 Å². The van der Waals surface area contributed by atoms with Crippen molar-refractivity contribution in [2.24, 2.45) is 11.7 Å². The lowest BCUT2D eigenvalue weighted by molar-refractivity contribution is 0.0870. The minimum absolute atomic E-state index is 0.0229. The number of likely N-dealkylation sites (N-methyl/N-ethyl adjacent to an activating group) is 1. The van der Waals surface area contributed by atoms with Gasteiger partial charge in [0.2, 0.25) is 0 Å². The SMILES string of the molecule is COc1ccccc1C(C(C)N)N(C)CCOCC1CC1. The molecule has 4 heteroatoms. The molecular formula is C17H28N2O2. The number of rotatable bonds is 9. The van der Waals surface area contributed by atoms with Crippen LogP contribution in [0.3, 0.4) is 0 Å². The Morgan fingerprint density at radius 3 is 2.67 bits per heavy atom. The molecule has 2 unspecified atom stereocenters. The molecule has 1 saturated carbocycles. The van der Waals surface area contributed by atoms with Crippen LogP contribution in [0.2, 0.25) is 0 Å². The summed E-state index contributed by atoms with van der Waals surface area (Å²) in [6.07, 6.45) is 2.67. The monoisotopic (exact) mass is 292 g/mol. The summed E-state index contributed by atoms with van der Waals surface area (Å²) >= 11 is 0. The lowest BCUT2D eigenvalue weighted by atomic mass is 9.98. The van der Waals surface area contributed by atoms with Crippen LogP contribution in [0.25, 0.3) is 0 Å². The van der Waals surface area contributed by atoms with Crippen LogP contribution in [-0.2, 0) is 4.74 Å². The molecule has 2 rings (SSSR count). The molecule has 0 amide bonds. The summed E-state index contributed by atoms with van der Waals surface area (Å²) in [6.45, 7) is 4.58. The van der Waals surface area contributed by atoms with Gasteiger partial charge in [0.1, 0.15) is 5.75 Å². The molecule has 0 bridgehead atoms. The van der Waals surface area contributed by atoms with Gasteiger partial charge < -0.3 is 15.2 Å². The van der Waals surface area contributed by atoms with Crippen molar-refractivity contribution in [3.8, 4) is 5.75 Å². The van der Waals surface area contributed by atoms with Crippen molar-refractivity contribution >= 4 is 0 Å². The third kappa shape index (κ3) is 4.70. The van der Waals surface area contributed by atoms with Gasteiger partial charge in [0, 0.05) is 24.8 Å². The second-order valence-electron chi connectivity index (χ2n) is 6.04. The van der Waals surface area contributed by atoms with Crippen LogP contribution >= 0.6 is 0 Å². The maximum Gasteiger partial charge on any atom is 0.123 e. The van der Waals surface area contributed by atoms with E-state index in [9.17, 15) is 0 Å². The maximum atomic E-state index is 6.22. The van der Waals surface area contributed by atoms with E-state index in [1.165, 1.54) is 12.8 Å². The number of hydrogen-bond donors (Lipinski definition) is 1. The zero-order chi connectivity index (χ0) is 15.2. The molecule has 4 nitrogen and oxygen atoms in total. The van der Waals surface area contributed by atoms with E-state index < -0.39 is 0 Å². The normalized spacial score (nSPS) is 17.8. The summed E-state index contributed by atoms with van der Waals surface area (Å²) in [4.78, 5) is 2.26. The molecule has 0 spiro atoms. The number of hydrogen-bond acceptors (Lipinski definition) is 4. The molecule has 2 atom stereocenters. The van der Waals surface area contributed by atoms with E-state index in [4.69, 9.17) is 15.2 Å². The van der Waals surface area contributed by atoms with E-state index in [-0.39, 0.29) is 12.1 Å². The third-order valence-corrected chi connectivity index (χ3v) is 4.07. The van der Waals surface area contributed by atoms with Crippen LogP contribution in [0, 0.1) is 5.92 Å². The van der Waals surface area contributed by atoms with E-state index in [0.29, 0.717) is 0 Å². The van der Waals surface area contributed by atoms with E-state index in [1.54, 1.807) is 7.11 Å². The zero-order valence-corrected chi connectivity index (χ0v) is 13.4. The van der Waals surface area contributed by atoms with Gasteiger partial charge in [0.15, 0.2) is 0 Å². The number of nitrogens with zero attached hydrogens (tertiary/aromatic N) is 1. The number of benzene rings is 1. The Kier molecular flexibility index (Phi) is 6.03. The van der Waals surface area contributed by atoms with Gasteiger partial charge in [-0.25, -0.2) is 0 Å². The molecule has 21 heavy (non-hydrogen) atoms.